The lowest BCUT2D eigenvalue weighted by molar-refractivity contribution is 0.328. The Morgan fingerprint density at radius 3 is 3.07 bits per heavy atom. The number of likely N-dealkylation sites (N-methyl/N-ethyl adjacent to an activating group) is 1. The molecule has 1 aliphatic heterocycles. The van der Waals surface area contributed by atoms with Crippen LogP contribution in [0.3, 0.4) is 0 Å². The largest absolute Gasteiger partial charge is 0.493 e. The van der Waals surface area contributed by atoms with E-state index in [1.807, 2.05) is 7.05 Å². The van der Waals surface area contributed by atoms with Crippen LogP contribution in [0.2, 0.25) is 0 Å². The molecule has 0 radical (unpaired) electrons. The van der Waals surface area contributed by atoms with Crippen LogP contribution in [0.5, 0.6) is 5.75 Å². The normalized spacial score (nSPS) is 19.1. The summed E-state index contributed by atoms with van der Waals surface area (Å²) in [7, 11) is 1.99. The van der Waals surface area contributed by atoms with Crippen molar-refractivity contribution in [3.8, 4) is 5.75 Å². The van der Waals surface area contributed by atoms with Crippen molar-refractivity contribution >= 4 is 0 Å². The second-order valence-electron chi connectivity index (χ2n) is 3.79. The van der Waals surface area contributed by atoms with Crippen molar-refractivity contribution in [2.45, 2.75) is 19.3 Å². The van der Waals surface area contributed by atoms with Gasteiger partial charge >= 0.3 is 0 Å². The van der Waals surface area contributed by atoms with Gasteiger partial charge in [-0.15, -0.1) is 0 Å². The van der Waals surface area contributed by atoms with Crippen LogP contribution in [0.1, 0.15) is 24.0 Å². The standard InChI is InChI=1S/C12H17NO/c1-3-9-4-5-12-11(6-9)10(7-13-2)8-14-12/h4-6,10,13H,3,7-8H2,1-2H3. The van der Waals surface area contributed by atoms with Crippen molar-refractivity contribution < 1.29 is 4.74 Å². The van der Waals surface area contributed by atoms with E-state index in [2.05, 4.69) is 30.4 Å². The summed E-state index contributed by atoms with van der Waals surface area (Å²) in [5.74, 6) is 1.60. The van der Waals surface area contributed by atoms with Gasteiger partial charge in [0.15, 0.2) is 0 Å². The number of nitrogens with one attached hydrogen (secondary N) is 1. The van der Waals surface area contributed by atoms with Crippen LogP contribution in [0.15, 0.2) is 18.2 Å². The van der Waals surface area contributed by atoms with Crippen LogP contribution in [0.25, 0.3) is 0 Å². The molecule has 2 heteroatoms. The molecule has 0 amide bonds. The van der Waals surface area contributed by atoms with Gasteiger partial charge in [0.2, 0.25) is 0 Å². The van der Waals surface area contributed by atoms with Crippen LogP contribution < -0.4 is 10.1 Å². The number of aryl methyl sites for hydroxylation is 1. The van der Waals surface area contributed by atoms with Gasteiger partial charge < -0.3 is 10.1 Å². The minimum Gasteiger partial charge on any atom is -0.493 e. The van der Waals surface area contributed by atoms with Gasteiger partial charge in [0.1, 0.15) is 5.75 Å². The molecule has 1 aliphatic rings. The van der Waals surface area contributed by atoms with Gasteiger partial charge in [-0.05, 0) is 25.1 Å². The Kier molecular flexibility index (Phi) is 2.73. The molecule has 0 saturated carbocycles. The molecule has 1 aromatic carbocycles. The Morgan fingerprint density at radius 1 is 1.50 bits per heavy atom. The van der Waals surface area contributed by atoms with Crippen LogP contribution in [0.4, 0.5) is 0 Å². The molecule has 1 atom stereocenters. The van der Waals surface area contributed by atoms with Crippen LogP contribution in [-0.2, 0) is 6.42 Å². The van der Waals surface area contributed by atoms with Gasteiger partial charge in [0, 0.05) is 18.0 Å². The fourth-order valence-electron chi connectivity index (χ4n) is 1.96. The third-order valence-electron chi connectivity index (χ3n) is 2.81. The first-order chi connectivity index (χ1) is 6.85. The monoisotopic (exact) mass is 191 g/mol. The zero-order chi connectivity index (χ0) is 9.97. The highest BCUT2D eigenvalue weighted by atomic mass is 16.5. The Labute approximate surface area is 85.3 Å². The van der Waals surface area contributed by atoms with Crippen molar-refractivity contribution in [1.29, 1.82) is 0 Å². The second-order valence-corrected chi connectivity index (χ2v) is 3.79. The first-order valence-corrected chi connectivity index (χ1v) is 5.25. The molecule has 0 aromatic heterocycles. The average Bonchev–Trinajstić information content (AvgIpc) is 2.61. The first kappa shape index (κ1) is 9.53. The van der Waals surface area contributed by atoms with Crippen LogP contribution in [0, 0.1) is 0 Å². The zero-order valence-corrected chi connectivity index (χ0v) is 8.84. The number of rotatable bonds is 3. The number of fused-ring (bicyclic) bond motifs is 1. The second kappa shape index (κ2) is 4.01. The van der Waals surface area contributed by atoms with Crippen molar-refractivity contribution in [3.63, 3.8) is 0 Å². The molecule has 76 valence electrons. The Morgan fingerprint density at radius 2 is 2.36 bits per heavy atom. The van der Waals surface area contributed by atoms with Crippen molar-refractivity contribution in [2.24, 2.45) is 0 Å². The van der Waals surface area contributed by atoms with E-state index in [0.29, 0.717) is 5.92 Å². The minimum absolute atomic E-state index is 0.529. The molecule has 0 bridgehead atoms. The maximum absolute atomic E-state index is 5.62. The molecule has 2 nitrogen and oxygen atoms in total. The predicted molar refractivity (Wildman–Crippen MR) is 58.0 cm³/mol. The fraction of sp³-hybridized carbons (Fsp3) is 0.500. The maximum Gasteiger partial charge on any atom is 0.122 e. The SMILES string of the molecule is CCc1ccc2c(c1)C(CNC)CO2. The lowest BCUT2D eigenvalue weighted by atomic mass is 9.98. The van der Waals surface area contributed by atoms with E-state index in [4.69, 9.17) is 4.74 Å². The Hall–Kier alpha value is -1.02. The van der Waals surface area contributed by atoms with E-state index in [9.17, 15) is 0 Å². The maximum atomic E-state index is 5.62. The summed E-state index contributed by atoms with van der Waals surface area (Å²) >= 11 is 0. The summed E-state index contributed by atoms with van der Waals surface area (Å²) in [5, 5.41) is 3.21. The highest BCUT2D eigenvalue weighted by Crippen LogP contribution is 2.34. The topological polar surface area (TPSA) is 21.3 Å². The van der Waals surface area contributed by atoms with Crippen molar-refractivity contribution in [1.82, 2.24) is 5.32 Å². The zero-order valence-electron chi connectivity index (χ0n) is 8.84. The molecule has 14 heavy (non-hydrogen) atoms. The third-order valence-corrected chi connectivity index (χ3v) is 2.81. The van der Waals surface area contributed by atoms with Gasteiger partial charge in [0.25, 0.3) is 0 Å². The summed E-state index contributed by atoms with van der Waals surface area (Å²) in [5.41, 5.74) is 2.77. The summed E-state index contributed by atoms with van der Waals surface area (Å²) in [6.45, 7) is 4.01. The van der Waals surface area contributed by atoms with E-state index in [0.717, 1.165) is 25.3 Å². The molecule has 1 unspecified atom stereocenters. The highest BCUT2D eigenvalue weighted by Gasteiger charge is 2.23. The van der Waals surface area contributed by atoms with E-state index in [-0.39, 0.29) is 0 Å². The van der Waals surface area contributed by atoms with E-state index in [1.54, 1.807) is 0 Å². The van der Waals surface area contributed by atoms with E-state index >= 15 is 0 Å². The van der Waals surface area contributed by atoms with Gasteiger partial charge in [-0.25, -0.2) is 0 Å². The molecule has 1 heterocycles. The molecule has 1 N–H and O–H groups in total. The van der Waals surface area contributed by atoms with Crippen LogP contribution >= 0.6 is 0 Å². The van der Waals surface area contributed by atoms with Crippen molar-refractivity contribution in [2.75, 3.05) is 20.2 Å². The van der Waals surface area contributed by atoms with Gasteiger partial charge in [-0.1, -0.05) is 19.1 Å². The first-order valence-electron chi connectivity index (χ1n) is 5.25. The predicted octanol–water partition coefficient (Wildman–Crippen LogP) is 1.94. The molecular weight excluding hydrogens is 174 g/mol. The molecule has 0 aliphatic carbocycles. The third kappa shape index (κ3) is 1.62. The lowest BCUT2D eigenvalue weighted by Gasteiger charge is -2.08. The van der Waals surface area contributed by atoms with E-state index < -0.39 is 0 Å². The summed E-state index contributed by atoms with van der Waals surface area (Å²) in [6.07, 6.45) is 1.10. The minimum atomic E-state index is 0.529. The van der Waals surface area contributed by atoms with Gasteiger partial charge in [0.05, 0.1) is 6.61 Å². The Bertz CT molecular complexity index is 320. The molecule has 1 aromatic rings. The van der Waals surface area contributed by atoms with Gasteiger partial charge in [-0.2, -0.15) is 0 Å². The number of benzene rings is 1. The van der Waals surface area contributed by atoms with E-state index in [1.165, 1.54) is 11.1 Å². The summed E-state index contributed by atoms with van der Waals surface area (Å²) in [6, 6.07) is 6.54. The fourth-order valence-corrected chi connectivity index (χ4v) is 1.96. The van der Waals surface area contributed by atoms with Crippen LogP contribution in [-0.4, -0.2) is 20.2 Å². The highest BCUT2D eigenvalue weighted by molar-refractivity contribution is 5.42. The summed E-state index contributed by atoms with van der Waals surface area (Å²) < 4.78 is 5.62. The molecular formula is C12H17NO. The number of ether oxygens (including phenoxy) is 1. The number of hydrogen-bond donors (Lipinski definition) is 1. The Balaban J connectivity index is 2.27. The van der Waals surface area contributed by atoms with Gasteiger partial charge in [-0.3, -0.25) is 0 Å². The number of hydrogen-bond acceptors (Lipinski definition) is 2. The summed E-state index contributed by atoms with van der Waals surface area (Å²) in [4.78, 5) is 0. The molecule has 0 spiro atoms. The average molecular weight is 191 g/mol. The molecule has 2 rings (SSSR count). The van der Waals surface area contributed by atoms with Crippen molar-refractivity contribution in [3.05, 3.63) is 29.3 Å². The quantitative estimate of drug-likeness (QED) is 0.788. The lowest BCUT2D eigenvalue weighted by Crippen LogP contribution is -2.18. The molecule has 0 saturated heterocycles. The molecule has 0 fully saturated rings. The smallest absolute Gasteiger partial charge is 0.122 e.